The summed E-state index contributed by atoms with van der Waals surface area (Å²) in [5, 5.41) is 21.8. The molecule has 0 radical (unpaired) electrons. The van der Waals surface area contributed by atoms with E-state index in [-0.39, 0.29) is 18.2 Å². The lowest BCUT2D eigenvalue weighted by Crippen LogP contribution is -2.38. The van der Waals surface area contributed by atoms with Gasteiger partial charge in [-0.3, -0.25) is 4.79 Å². The number of nitrogens with one attached hydrogen (secondary N) is 1. The standard InChI is InChI=1S/C15H19FN2O3/c16-11-6-10-12(17-15(21)14(10)20)7-13(11)18-5-3-1-2-4-9(18)8-19/h6-7,9,14,19-20H,1-5,8H2,(H,17,21). The fourth-order valence-corrected chi connectivity index (χ4v) is 3.16. The number of anilines is 2. The number of amides is 1. The number of fused-ring (bicyclic) bond motifs is 1. The number of carbonyl (C=O) groups excluding carboxylic acids is 1. The molecule has 0 bridgehead atoms. The summed E-state index contributed by atoms with van der Waals surface area (Å²) in [7, 11) is 0. The fraction of sp³-hybridized carbons (Fsp3) is 0.533. The predicted molar refractivity (Wildman–Crippen MR) is 76.7 cm³/mol. The molecule has 2 unspecified atom stereocenters. The van der Waals surface area contributed by atoms with Crippen molar-refractivity contribution in [2.75, 3.05) is 23.4 Å². The Morgan fingerprint density at radius 3 is 2.90 bits per heavy atom. The van der Waals surface area contributed by atoms with Crippen molar-refractivity contribution >= 4 is 17.3 Å². The Bertz CT molecular complexity index is 564. The quantitative estimate of drug-likeness (QED) is 0.774. The second-order valence-electron chi connectivity index (χ2n) is 5.66. The lowest BCUT2D eigenvalue weighted by molar-refractivity contribution is -0.123. The summed E-state index contributed by atoms with van der Waals surface area (Å²) >= 11 is 0. The molecular formula is C15H19FN2O3. The highest BCUT2D eigenvalue weighted by Gasteiger charge is 2.32. The Labute approximate surface area is 122 Å². The molecule has 5 nitrogen and oxygen atoms in total. The van der Waals surface area contributed by atoms with Crippen LogP contribution in [-0.4, -0.2) is 35.3 Å². The molecule has 2 aliphatic heterocycles. The van der Waals surface area contributed by atoms with Gasteiger partial charge >= 0.3 is 0 Å². The van der Waals surface area contributed by atoms with Crippen LogP contribution in [-0.2, 0) is 4.79 Å². The zero-order chi connectivity index (χ0) is 15.0. The maximum atomic E-state index is 14.4. The third kappa shape index (κ3) is 2.49. The van der Waals surface area contributed by atoms with Gasteiger partial charge < -0.3 is 20.4 Å². The maximum absolute atomic E-state index is 14.4. The van der Waals surface area contributed by atoms with Gasteiger partial charge in [-0.2, -0.15) is 0 Å². The van der Waals surface area contributed by atoms with Crippen molar-refractivity contribution in [2.45, 2.75) is 37.8 Å². The first-order chi connectivity index (χ1) is 10.1. The lowest BCUT2D eigenvalue weighted by atomic mass is 10.1. The average Bonchev–Trinajstić information content (AvgIpc) is 2.68. The van der Waals surface area contributed by atoms with E-state index < -0.39 is 17.8 Å². The number of aliphatic hydroxyl groups excluding tert-OH is 2. The molecule has 6 heteroatoms. The summed E-state index contributed by atoms with van der Waals surface area (Å²) in [5.74, 6) is -0.999. The number of carbonyl (C=O) groups is 1. The van der Waals surface area contributed by atoms with E-state index in [4.69, 9.17) is 0 Å². The van der Waals surface area contributed by atoms with Crippen LogP contribution in [0.5, 0.6) is 0 Å². The maximum Gasteiger partial charge on any atom is 0.257 e. The van der Waals surface area contributed by atoms with E-state index in [9.17, 15) is 19.4 Å². The van der Waals surface area contributed by atoms with Crippen LogP contribution >= 0.6 is 0 Å². The van der Waals surface area contributed by atoms with Gasteiger partial charge in [-0.15, -0.1) is 0 Å². The highest BCUT2D eigenvalue weighted by Crippen LogP contribution is 2.37. The zero-order valence-electron chi connectivity index (χ0n) is 11.7. The van der Waals surface area contributed by atoms with Crippen molar-refractivity contribution in [3.8, 4) is 0 Å². The van der Waals surface area contributed by atoms with Crippen LogP contribution in [0.1, 0.15) is 37.4 Å². The third-order valence-electron chi connectivity index (χ3n) is 4.32. The van der Waals surface area contributed by atoms with Crippen LogP contribution in [0.15, 0.2) is 12.1 Å². The average molecular weight is 294 g/mol. The molecule has 0 aliphatic carbocycles. The minimum Gasteiger partial charge on any atom is -0.394 e. The van der Waals surface area contributed by atoms with E-state index in [1.807, 2.05) is 4.90 Å². The van der Waals surface area contributed by atoms with Gasteiger partial charge in [0.15, 0.2) is 6.10 Å². The van der Waals surface area contributed by atoms with Crippen LogP contribution < -0.4 is 10.2 Å². The topological polar surface area (TPSA) is 72.8 Å². The number of benzene rings is 1. The molecule has 3 N–H and O–H groups in total. The molecule has 1 aromatic carbocycles. The number of nitrogens with zero attached hydrogens (tertiary/aromatic N) is 1. The normalized spacial score (nSPS) is 25.5. The summed E-state index contributed by atoms with van der Waals surface area (Å²) in [5.41, 5.74) is 1.10. The molecule has 1 amide bonds. The molecule has 1 aromatic rings. The second kappa shape index (κ2) is 5.61. The van der Waals surface area contributed by atoms with Gasteiger partial charge in [-0.25, -0.2) is 4.39 Å². The largest absolute Gasteiger partial charge is 0.394 e. The number of aliphatic hydroxyl groups is 2. The molecule has 1 saturated heterocycles. The zero-order valence-corrected chi connectivity index (χ0v) is 11.7. The molecule has 0 saturated carbocycles. The van der Waals surface area contributed by atoms with Gasteiger partial charge in [0.1, 0.15) is 5.82 Å². The summed E-state index contributed by atoms with van der Waals surface area (Å²) in [6.07, 6.45) is 2.55. The molecule has 2 aliphatic rings. The van der Waals surface area contributed by atoms with Crippen molar-refractivity contribution < 1.29 is 19.4 Å². The van der Waals surface area contributed by atoms with E-state index in [2.05, 4.69) is 5.32 Å². The van der Waals surface area contributed by atoms with Crippen LogP contribution in [0.2, 0.25) is 0 Å². The molecular weight excluding hydrogens is 275 g/mol. The van der Waals surface area contributed by atoms with Crippen molar-refractivity contribution in [3.05, 3.63) is 23.5 Å². The van der Waals surface area contributed by atoms with Gasteiger partial charge in [-0.1, -0.05) is 12.8 Å². The summed E-state index contributed by atoms with van der Waals surface area (Å²) in [4.78, 5) is 13.3. The van der Waals surface area contributed by atoms with Gasteiger partial charge in [-0.05, 0) is 25.0 Å². The second-order valence-corrected chi connectivity index (χ2v) is 5.66. The highest BCUT2D eigenvalue weighted by atomic mass is 19.1. The number of hydrogen-bond donors (Lipinski definition) is 3. The summed E-state index contributed by atoms with van der Waals surface area (Å²) < 4.78 is 14.4. The smallest absolute Gasteiger partial charge is 0.257 e. The van der Waals surface area contributed by atoms with E-state index in [1.165, 1.54) is 6.07 Å². The Balaban J connectivity index is 1.98. The molecule has 0 aromatic heterocycles. The fourth-order valence-electron chi connectivity index (χ4n) is 3.16. The Kier molecular flexibility index (Phi) is 3.82. The van der Waals surface area contributed by atoms with Crippen molar-refractivity contribution in [1.29, 1.82) is 0 Å². The molecule has 1 fully saturated rings. The van der Waals surface area contributed by atoms with Gasteiger partial charge in [0.05, 0.1) is 18.3 Å². The Hall–Kier alpha value is -1.66. The molecule has 0 spiro atoms. The SMILES string of the molecule is O=C1Nc2cc(N3CCCCCC3CO)c(F)cc2C1O. The highest BCUT2D eigenvalue weighted by molar-refractivity contribution is 6.02. The predicted octanol–water partition coefficient (Wildman–Crippen LogP) is 1.55. The monoisotopic (exact) mass is 294 g/mol. The van der Waals surface area contributed by atoms with E-state index in [0.29, 0.717) is 17.9 Å². The van der Waals surface area contributed by atoms with E-state index in [0.717, 1.165) is 25.7 Å². The molecule has 2 atom stereocenters. The molecule has 114 valence electrons. The number of hydrogen-bond acceptors (Lipinski definition) is 4. The van der Waals surface area contributed by atoms with Gasteiger partial charge in [0, 0.05) is 17.8 Å². The van der Waals surface area contributed by atoms with E-state index in [1.54, 1.807) is 6.07 Å². The van der Waals surface area contributed by atoms with Crippen molar-refractivity contribution in [2.24, 2.45) is 0 Å². The summed E-state index contributed by atoms with van der Waals surface area (Å²) in [6, 6.07) is 2.67. The Morgan fingerprint density at radius 2 is 2.14 bits per heavy atom. The first kappa shape index (κ1) is 14.3. The third-order valence-corrected chi connectivity index (χ3v) is 4.32. The van der Waals surface area contributed by atoms with Crippen molar-refractivity contribution in [1.82, 2.24) is 0 Å². The molecule has 21 heavy (non-hydrogen) atoms. The molecule has 3 rings (SSSR count). The number of halogens is 1. The number of rotatable bonds is 2. The first-order valence-electron chi connectivity index (χ1n) is 7.31. The van der Waals surface area contributed by atoms with Crippen LogP contribution in [0, 0.1) is 5.82 Å². The van der Waals surface area contributed by atoms with Crippen molar-refractivity contribution in [3.63, 3.8) is 0 Å². The van der Waals surface area contributed by atoms with E-state index >= 15 is 0 Å². The van der Waals surface area contributed by atoms with Gasteiger partial charge in [0.2, 0.25) is 0 Å². The van der Waals surface area contributed by atoms with Crippen LogP contribution in [0.3, 0.4) is 0 Å². The lowest BCUT2D eigenvalue weighted by Gasteiger charge is -2.31. The van der Waals surface area contributed by atoms with Crippen LogP contribution in [0.25, 0.3) is 0 Å². The van der Waals surface area contributed by atoms with Gasteiger partial charge in [0.25, 0.3) is 5.91 Å². The first-order valence-corrected chi connectivity index (χ1v) is 7.31. The minimum absolute atomic E-state index is 0.0223. The summed E-state index contributed by atoms with van der Waals surface area (Å²) in [6.45, 7) is 0.656. The minimum atomic E-state index is -1.30. The molecule has 2 heterocycles. The van der Waals surface area contributed by atoms with Crippen LogP contribution in [0.4, 0.5) is 15.8 Å². The Morgan fingerprint density at radius 1 is 1.33 bits per heavy atom.